The quantitative estimate of drug-likeness (QED) is 0.723. The number of nitrogens with zero attached hydrogens (tertiary/aromatic N) is 1. The number of fused-ring (bicyclic) bond motifs is 1. The third kappa shape index (κ3) is 1.71. The molecule has 0 bridgehead atoms. The van der Waals surface area contributed by atoms with Crippen molar-refractivity contribution in [3.63, 3.8) is 0 Å². The van der Waals surface area contributed by atoms with Crippen molar-refractivity contribution in [1.82, 2.24) is 9.97 Å². The summed E-state index contributed by atoms with van der Waals surface area (Å²) in [7, 11) is 0. The fourth-order valence-electron chi connectivity index (χ4n) is 1.41. The van der Waals surface area contributed by atoms with E-state index in [1.807, 2.05) is 0 Å². The SMILES string of the molecule is O=C(O)C(=O)Cc1c[nH]c2ncccc12. The molecule has 5 nitrogen and oxygen atoms in total. The predicted octanol–water partition coefficient (Wildman–Crippen LogP) is 0.759. The van der Waals surface area contributed by atoms with Gasteiger partial charge in [0.05, 0.1) is 0 Å². The predicted molar refractivity (Wildman–Crippen MR) is 52.4 cm³/mol. The van der Waals surface area contributed by atoms with Gasteiger partial charge in [0.2, 0.25) is 5.78 Å². The summed E-state index contributed by atoms with van der Waals surface area (Å²) in [6, 6.07) is 3.54. The number of carboxylic acids is 1. The van der Waals surface area contributed by atoms with Gasteiger partial charge in [0, 0.05) is 24.2 Å². The van der Waals surface area contributed by atoms with Gasteiger partial charge in [-0.3, -0.25) is 4.79 Å². The Labute approximate surface area is 84.8 Å². The normalized spacial score (nSPS) is 10.4. The van der Waals surface area contributed by atoms with Crippen molar-refractivity contribution in [3.05, 3.63) is 30.1 Å². The number of aliphatic carboxylic acids is 1. The number of ketones is 1. The number of pyridine rings is 1. The molecule has 2 heterocycles. The summed E-state index contributed by atoms with van der Waals surface area (Å²) in [6.45, 7) is 0. The van der Waals surface area contributed by atoms with Crippen LogP contribution in [0.15, 0.2) is 24.5 Å². The van der Waals surface area contributed by atoms with E-state index in [-0.39, 0.29) is 6.42 Å². The van der Waals surface area contributed by atoms with Crippen LogP contribution in [0.3, 0.4) is 0 Å². The average molecular weight is 204 g/mol. The molecular formula is C10H8N2O3. The van der Waals surface area contributed by atoms with Gasteiger partial charge in [-0.1, -0.05) is 0 Å². The van der Waals surface area contributed by atoms with Crippen LogP contribution < -0.4 is 0 Å². The molecule has 0 atom stereocenters. The van der Waals surface area contributed by atoms with Crippen molar-refractivity contribution >= 4 is 22.8 Å². The van der Waals surface area contributed by atoms with Crippen LogP contribution in [-0.2, 0) is 16.0 Å². The molecule has 2 aromatic rings. The van der Waals surface area contributed by atoms with E-state index in [0.29, 0.717) is 11.2 Å². The maximum Gasteiger partial charge on any atom is 0.372 e. The van der Waals surface area contributed by atoms with Crippen LogP contribution in [0, 0.1) is 0 Å². The van der Waals surface area contributed by atoms with Crippen LogP contribution in [0.2, 0.25) is 0 Å². The van der Waals surface area contributed by atoms with Gasteiger partial charge in [-0.15, -0.1) is 0 Å². The zero-order chi connectivity index (χ0) is 10.8. The fraction of sp³-hybridized carbons (Fsp3) is 0.100. The van der Waals surface area contributed by atoms with Crippen molar-refractivity contribution < 1.29 is 14.7 Å². The van der Waals surface area contributed by atoms with Gasteiger partial charge in [0.1, 0.15) is 5.65 Å². The van der Waals surface area contributed by atoms with Crippen LogP contribution >= 0.6 is 0 Å². The Bertz CT molecular complexity index is 530. The van der Waals surface area contributed by atoms with E-state index in [1.54, 1.807) is 24.5 Å². The molecule has 15 heavy (non-hydrogen) atoms. The number of hydrogen-bond donors (Lipinski definition) is 2. The summed E-state index contributed by atoms with van der Waals surface area (Å²) in [6.07, 6.45) is 3.13. The minimum Gasteiger partial charge on any atom is -0.475 e. The lowest BCUT2D eigenvalue weighted by molar-refractivity contribution is -0.148. The number of Topliss-reactive ketones (excluding diaryl/α,β-unsaturated/α-hetero) is 1. The lowest BCUT2D eigenvalue weighted by atomic mass is 10.1. The average Bonchev–Trinajstić information content (AvgIpc) is 2.62. The Morgan fingerprint density at radius 3 is 3.00 bits per heavy atom. The summed E-state index contributed by atoms with van der Waals surface area (Å²) in [5.74, 6) is -2.23. The van der Waals surface area contributed by atoms with Crippen LogP contribution in [0.25, 0.3) is 11.0 Å². The molecule has 0 fully saturated rings. The van der Waals surface area contributed by atoms with E-state index >= 15 is 0 Å². The first-order valence-corrected chi connectivity index (χ1v) is 4.35. The van der Waals surface area contributed by atoms with E-state index in [1.165, 1.54) is 0 Å². The topological polar surface area (TPSA) is 83.0 Å². The minimum atomic E-state index is -1.41. The molecule has 0 aromatic carbocycles. The molecule has 0 aliphatic carbocycles. The number of hydrogen-bond acceptors (Lipinski definition) is 3. The summed E-state index contributed by atoms with van der Waals surface area (Å²) < 4.78 is 0. The van der Waals surface area contributed by atoms with Crippen molar-refractivity contribution in [3.8, 4) is 0 Å². The molecule has 0 amide bonds. The standard InChI is InChI=1S/C10H8N2O3/c13-8(10(14)15)4-6-5-12-9-7(6)2-1-3-11-9/h1-3,5H,4H2,(H,11,12)(H,14,15). The maximum absolute atomic E-state index is 11.0. The highest BCUT2D eigenvalue weighted by atomic mass is 16.4. The Kier molecular flexibility index (Phi) is 2.21. The Morgan fingerprint density at radius 1 is 1.47 bits per heavy atom. The third-order valence-electron chi connectivity index (χ3n) is 2.13. The van der Waals surface area contributed by atoms with E-state index in [0.717, 1.165) is 5.39 Å². The molecule has 2 rings (SSSR count). The van der Waals surface area contributed by atoms with Crippen molar-refractivity contribution in [2.75, 3.05) is 0 Å². The highest BCUT2D eigenvalue weighted by Crippen LogP contribution is 2.16. The second-order valence-corrected chi connectivity index (χ2v) is 3.12. The number of aromatic nitrogens is 2. The number of aromatic amines is 1. The van der Waals surface area contributed by atoms with Crippen LogP contribution in [0.4, 0.5) is 0 Å². The number of H-pyrrole nitrogens is 1. The zero-order valence-electron chi connectivity index (χ0n) is 7.73. The van der Waals surface area contributed by atoms with Crippen molar-refractivity contribution in [2.24, 2.45) is 0 Å². The lowest BCUT2D eigenvalue weighted by Crippen LogP contribution is -2.14. The first kappa shape index (κ1) is 9.39. The van der Waals surface area contributed by atoms with E-state index in [2.05, 4.69) is 9.97 Å². The first-order chi connectivity index (χ1) is 7.18. The molecule has 0 saturated heterocycles. The molecule has 0 radical (unpaired) electrons. The van der Waals surface area contributed by atoms with Gasteiger partial charge in [-0.2, -0.15) is 0 Å². The maximum atomic E-state index is 11.0. The Balaban J connectivity index is 2.37. The number of carboxylic acid groups (broad SMARTS) is 1. The molecule has 0 unspecified atom stereocenters. The molecule has 5 heteroatoms. The Morgan fingerprint density at radius 2 is 2.27 bits per heavy atom. The molecule has 0 aliphatic heterocycles. The monoisotopic (exact) mass is 204 g/mol. The number of carbonyl (C=O) groups excluding carboxylic acids is 1. The van der Waals surface area contributed by atoms with Gasteiger partial charge in [0.25, 0.3) is 0 Å². The Hall–Kier alpha value is -2.17. The van der Waals surface area contributed by atoms with Crippen LogP contribution in [-0.4, -0.2) is 26.8 Å². The first-order valence-electron chi connectivity index (χ1n) is 4.35. The third-order valence-corrected chi connectivity index (χ3v) is 2.13. The molecule has 0 spiro atoms. The molecular weight excluding hydrogens is 196 g/mol. The minimum absolute atomic E-state index is 0.110. The van der Waals surface area contributed by atoms with Gasteiger partial charge < -0.3 is 10.1 Å². The van der Waals surface area contributed by atoms with Crippen molar-refractivity contribution in [1.29, 1.82) is 0 Å². The summed E-state index contributed by atoms with van der Waals surface area (Å²) in [5.41, 5.74) is 1.32. The zero-order valence-corrected chi connectivity index (χ0v) is 7.73. The molecule has 0 saturated carbocycles. The molecule has 2 aromatic heterocycles. The smallest absolute Gasteiger partial charge is 0.372 e. The number of carbonyl (C=O) groups is 2. The molecule has 0 aliphatic rings. The largest absolute Gasteiger partial charge is 0.475 e. The molecule has 2 N–H and O–H groups in total. The highest BCUT2D eigenvalue weighted by Gasteiger charge is 2.14. The summed E-state index contributed by atoms with van der Waals surface area (Å²) >= 11 is 0. The van der Waals surface area contributed by atoms with E-state index in [4.69, 9.17) is 5.11 Å². The van der Waals surface area contributed by atoms with Gasteiger partial charge in [-0.05, 0) is 17.7 Å². The van der Waals surface area contributed by atoms with Gasteiger partial charge in [-0.25, -0.2) is 9.78 Å². The fourth-order valence-corrected chi connectivity index (χ4v) is 1.41. The number of nitrogens with one attached hydrogen (secondary N) is 1. The number of rotatable bonds is 3. The van der Waals surface area contributed by atoms with Gasteiger partial charge >= 0.3 is 5.97 Å². The molecule has 76 valence electrons. The lowest BCUT2D eigenvalue weighted by Gasteiger charge is -1.94. The summed E-state index contributed by atoms with van der Waals surface area (Å²) in [4.78, 5) is 28.3. The van der Waals surface area contributed by atoms with Crippen LogP contribution in [0.1, 0.15) is 5.56 Å². The van der Waals surface area contributed by atoms with Crippen LogP contribution in [0.5, 0.6) is 0 Å². The summed E-state index contributed by atoms with van der Waals surface area (Å²) in [5, 5.41) is 9.26. The second-order valence-electron chi connectivity index (χ2n) is 3.12. The van der Waals surface area contributed by atoms with E-state index < -0.39 is 11.8 Å². The highest BCUT2D eigenvalue weighted by molar-refractivity contribution is 6.33. The van der Waals surface area contributed by atoms with Crippen molar-refractivity contribution in [2.45, 2.75) is 6.42 Å². The van der Waals surface area contributed by atoms with Gasteiger partial charge in [0.15, 0.2) is 0 Å². The second kappa shape index (κ2) is 3.53. The van der Waals surface area contributed by atoms with E-state index in [9.17, 15) is 9.59 Å².